The van der Waals surface area contributed by atoms with Gasteiger partial charge in [-0.15, -0.1) is 0 Å². The van der Waals surface area contributed by atoms with E-state index in [0.717, 1.165) is 11.3 Å². The van der Waals surface area contributed by atoms with Crippen molar-refractivity contribution in [3.05, 3.63) is 58.7 Å². The summed E-state index contributed by atoms with van der Waals surface area (Å²) in [7, 11) is 1.61. The van der Waals surface area contributed by atoms with Crippen LogP contribution in [-0.4, -0.2) is 12.2 Å². The van der Waals surface area contributed by atoms with Crippen LogP contribution in [0.1, 0.15) is 28.7 Å². The third-order valence-electron chi connectivity index (χ3n) is 4.00. The normalized spacial score (nSPS) is 13.0. The molecule has 0 atom stereocenters. The Balaban J connectivity index is 1.72. The summed E-state index contributed by atoms with van der Waals surface area (Å²) >= 11 is 0. The molecule has 0 aromatic heterocycles. The molecule has 3 heteroatoms. The number of ether oxygens (including phenoxy) is 2. The van der Waals surface area contributed by atoms with Gasteiger partial charge in [0.25, 0.3) is 0 Å². The number of aryl methyl sites for hydroxylation is 2. The minimum Gasteiger partial charge on any atom is -0.497 e. The van der Waals surface area contributed by atoms with E-state index in [9.17, 15) is 5.11 Å². The molecule has 0 heterocycles. The molecule has 0 saturated carbocycles. The third-order valence-corrected chi connectivity index (χ3v) is 4.00. The smallest absolute Gasteiger partial charge is 0.125 e. The Morgan fingerprint density at radius 3 is 2.71 bits per heavy atom. The number of hydrogen-bond acceptors (Lipinski definition) is 3. The number of methoxy groups -OCH3 is 1. The molecule has 0 fully saturated rings. The summed E-state index contributed by atoms with van der Waals surface area (Å²) in [6, 6.07) is 12.1. The number of fused-ring (bicyclic) bond motifs is 1. The zero-order chi connectivity index (χ0) is 14.7. The summed E-state index contributed by atoms with van der Waals surface area (Å²) in [6.45, 7) is 0.462. The van der Waals surface area contributed by atoms with Crippen molar-refractivity contribution in [1.29, 1.82) is 0 Å². The van der Waals surface area contributed by atoms with E-state index >= 15 is 0 Å². The van der Waals surface area contributed by atoms with E-state index in [2.05, 4.69) is 18.2 Å². The maximum absolute atomic E-state index is 9.43. The number of benzene rings is 2. The van der Waals surface area contributed by atoms with Gasteiger partial charge in [-0.3, -0.25) is 0 Å². The van der Waals surface area contributed by atoms with Crippen molar-refractivity contribution < 1.29 is 14.6 Å². The van der Waals surface area contributed by atoms with Crippen molar-refractivity contribution in [1.82, 2.24) is 0 Å². The Bertz CT molecular complexity index is 634. The lowest BCUT2D eigenvalue weighted by Crippen LogP contribution is -2.00. The summed E-state index contributed by atoms with van der Waals surface area (Å²) in [5.74, 6) is 1.43. The average molecular weight is 284 g/mol. The Labute approximate surface area is 125 Å². The van der Waals surface area contributed by atoms with Gasteiger partial charge in [0.15, 0.2) is 0 Å². The van der Waals surface area contributed by atoms with Crippen LogP contribution in [0.25, 0.3) is 0 Å². The van der Waals surface area contributed by atoms with E-state index in [1.165, 1.54) is 36.0 Å². The number of hydrogen-bond donors (Lipinski definition) is 1. The van der Waals surface area contributed by atoms with E-state index in [0.29, 0.717) is 12.4 Å². The first-order valence-corrected chi connectivity index (χ1v) is 7.31. The Morgan fingerprint density at radius 1 is 1.05 bits per heavy atom. The highest BCUT2D eigenvalue weighted by atomic mass is 16.5. The van der Waals surface area contributed by atoms with Crippen LogP contribution in [0.3, 0.4) is 0 Å². The molecule has 2 aromatic rings. The molecule has 0 bridgehead atoms. The van der Waals surface area contributed by atoms with Crippen LogP contribution in [-0.2, 0) is 26.1 Å². The number of aliphatic hydroxyl groups excluding tert-OH is 1. The molecule has 21 heavy (non-hydrogen) atoms. The first-order chi connectivity index (χ1) is 10.3. The minimum absolute atomic E-state index is 0.0588. The van der Waals surface area contributed by atoms with Crippen molar-refractivity contribution in [2.45, 2.75) is 32.5 Å². The Hall–Kier alpha value is -2.00. The van der Waals surface area contributed by atoms with Gasteiger partial charge in [0.2, 0.25) is 0 Å². The van der Waals surface area contributed by atoms with Gasteiger partial charge in [-0.1, -0.05) is 18.2 Å². The van der Waals surface area contributed by atoms with Gasteiger partial charge in [-0.25, -0.2) is 0 Å². The second-order valence-corrected chi connectivity index (χ2v) is 5.38. The fraction of sp³-hybridized carbons (Fsp3) is 0.333. The van der Waals surface area contributed by atoms with Crippen molar-refractivity contribution >= 4 is 0 Å². The lowest BCUT2D eigenvalue weighted by Gasteiger charge is -2.12. The standard InChI is InChI=1S/C18H20O3/c1-20-17-7-8-18(16(10-17)11-19)21-12-13-5-6-14-3-2-4-15(14)9-13/h5-10,19H,2-4,11-12H2,1H3. The molecule has 1 aliphatic carbocycles. The van der Waals surface area contributed by atoms with Gasteiger partial charge >= 0.3 is 0 Å². The first-order valence-electron chi connectivity index (χ1n) is 7.31. The molecule has 0 saturated heterocycles. The maximum atomic E-state index is 9.43. The summed E-state index contributed by atoms with van der Waals surface area (Å²) in [5, 5.41) is 9.43. The molecule has 1 N–H and O–H groups in total. The lowest BCUT2D eigenvalue weighted by atomic mass is 10.1. The molecule has 0 unspecified atom stereocenters. The highest BCUT2D eigenvalue weighted by Crippen LogP contribution is 2.26. The molecule has 2 aromatic carbocycles. The summed E-state index contributed by atoms with van der Waals surface area (Å²) < 4.78 is 11.0. The Kier molecular flexibility index (Phi) is 4.11. The van der Waals surface area contributed by atoms with E-state index in [1.54, 1.807) is 13.2 Å². The minimum atomic E-state index is -0.0588. The SMILES string of the molecule is COc1ccc(OCc2ccc3c(c2)CCC3)c(CO)c1. The summed E-state index contributed by atoms with van der Waals surface area (Å²) in [4.78, 5) is 0. The topological polar surface area (TPSA) is 38.7 Å². The third kappa shape index (κ3) is 3.03. The molecule has 0 radical (unpaired) electrons. The summed E-state index contributed by atoms with van der Waals surface area (Å²) in [6.07, 6.45) is 3.63. The second kappa shape index (κ2) is 6.19. The van der Waals surface area contributed by atoms with E-state index in [1.807, 2.05) is 12.1 Å². The monoisotopic (exact) mass is 284 g/mol. The summed E-state index contributed by atoms with van der Waals surface area (Å²) in [5.41, 5.74) is 4.85. The van der Waals surface area contributed by atoms with Gasteiger partial charge in [-0.05, 0) is 54.2 Å². The predicted octanol–water partition coefficient (Wildman–Crippen LogP) is 3.26. The fourth-order valence-corrected chi connectivity index (χ4v) is 2.82. The van der Waals surface area contributed by atoms with Gasteiger partial charge in [0.1, 0.15) is 18.1 Å². The quantitative estimate of drug-likeness (QED) is 0.916. The van der Waals surface area contributed by atoms with E-state index in [-0.39, 0.29) is 6.61 Å². The van der Waals surface area contributed by atoms with Crippen LogP contribution in [0.2, 0.25) is 0 Å². The van der Waals surface area contributed by atoms with Crippen molar-refractivity contribution in [3.8, 4) is 11.5 Å². The van der Waals surface area contributed by atoms with Crippen LogP contribution in [0.4, 0.5) is 0 Å². The van der Waals surface area contributed by atoms with Crippen molar-refractivity contribution in [3.63, 3.8) is 0 Å². The molecule has 0 aliphatic heterocycles. The molecule has 0 amide bonds. The average Bonchev–Trinajstić information content (AvgIpc) is 3.00. The van der Waals surface area contributed by atoms with Crippen molar-refractivity contribution in [2.75, 3.05) is 7.11 Å². The molecular formula is C18H20O3. The van der Waals surface area contributed by atoms with Crippen LogP contribution in [0.5, 0.6) is 11.5 Å². The molecule has 1 aliphatic rings. The predicted molar refractivity (Wildman–Crippen MR) is 81.7 cm³/mol. The van der Waals surface area contributed by atoms with Gasteiger partial charge < -0.3 is 14.6 Å². The largest absolute Gasteiger partial charge is 0.497 e. The molecule has 0 spiro atoms. The maximum Gasteiger partial charge on any atom is 0.125 e. The zero-order valence-corrected chi connectivity index (χ0v) is 12.3. The van der Waals surface area contributed by atoms with Crippen molar-refractivity contribution in [2.24, 2.45) is 0 Å². The van der Waals surface area contributed by atoms with Gasteiger partial charge in [-0.2, -0.15) is 0 Å². The van der Waals surface area contributed by atoms with Gasteiger partial charge in [0, 0.05) is 5.56 Å². The van der Waals surface area contributed by atoms with Crippen LogP contribution < -0.4 is 9.47 Å². The van der Waals surface area contributed by atoms with Gasteiger partial charge in [0.05, 0.1) is 13.7 Å². The lowest BCUT2D eigenvalue weighted by molar-refractivity contribution is 0.258. The highest BCUT2D eigenvalue weighted by molar-refractivity contribution is 5.40. The number of aliphatic hydroxyl groups is 1. The molecule has 3 rings (SSSR count). The first kappa shape index (κ1) is 14.0. The van der Waals surface area contributed by atoms with Crippen LogP contribution in [0.15, 0.2) is 36.4 Å². The highest BCUT2D eigenvalue weighted by Gasteiger charge is 2.11. The van der Waals surface area contributed by atoms with E-state index < -0.39 is 0 Å². The van der Waals surface area contributed by atoms with Crippen LogP contribution in [0, 0.1) is 0 Å². The molecule has 110 valence electrons. The van der Waals surface area contributed by atoms with E-state index in [4.69, 9.17) is 9.47 Å². The van der Waals surface area contributed by atoms with Crippen LogP contribution >= 0.6 is 0 Å². The molecular weight excluding hydrogens is 264 g/mol. The number of rotatable bonds is 5. The molecule has 3 nitrogen and oxygen atoms in total. The second-order valence-electron chi connectivity index (χ2n) is 5.38. The fourth-order valence-electron chi connectivity index (χ4n) is 2.82. The Morgan fingerprint density at radius 2 is 1.90 bits per heavy atom. The zero-order valence-electron chi connectivity index (χ0n) is 12.3.